The molecule has 0 radical (unpaired) electrons. The molecule has 2 aliphatic rings. The summed E-state index contributed by atoms with van der Waals surface area (Å²) in [4.78, 5) is 10.9. The van der Waals surface area contributed by atoms with Crippen molar-refractivity contribution < 1.29 is 13.2 Å². The van der Waals surface area contributed by atoms with Crippen molar-refractivity contribution in [3.63, 3.8) is 0 Å². The van der Waals surface area contributed by atoms with Gasteiger partial charge in [0.2, 0.25) is 0 Å². The summed E-state index contributed by atoms with van der Waals surface area (Å²) in [5.41, 5.74) is 0.233. The van der Waals surface area contributed by atoms with E-state index in [4.69, 9.17) is 0 Å². The minimum Gasteiger partial charge on any atom is -0.300 e. The highest BCUT2D eigenvalue weighted by atomic mass is 32.2. The molecule has 0 bridgehead atoms. The summed E-state index contributed by atoms with van der Waals surface area (Å²) < 4.78 is 22.5. The van der Waals surface area contributed by atoms with E-state index in [1.807, 2.05) is 0 Å². The van der Waals surface area contributed by atoms with Crippen LogP contribution >= 0.6 is 0 Å². The minimum atomic E-state index is -2.75. The minimum absolute atomic E-state index is 0.233. The third-order valence-corrected chi connectivity index (χ3v) is 5.37. The monoisotopic (exact) mass is 216 g/mol. The van der Waals surface area contributed by atoms with Crippen LogP contribution in [-0.2, 0) is 14.6 Å². The molecule has 1 atom stereocenters. The highest BCUT2D eigenvalue weighted by Crippen LogP contribution is 2.61. The average Bonchev–Trinajstić information content (AvgIpc) is 2.71. The van der Waals surface area contributed by atoms with E-state index in [0.29, 0.717) is 23.8 Å². The summed E-state index contributed by atoms with van der Waals surface area (Å²) in [6.45, 7) is 1.62. The van der Waals surface area contributed by atoms with E-state index >= 15 is 0 Å². The van der Waals surface area contributed by atoms with Gasteiger partial charge in [0, 0.05) is 6.42 Å². The Hall–Kier alpha value is -0.380. The molecule has 1 heterocycles. The van der Waals surface area contributed by atoms with Gasteiger partial charge in [0.05, 0.1) is 11.5 Å². The summed E-state index contributed by atoms with van der Waals surface area (Å²) >= 11 is 0. The second-order valence-corrected chi connectivity index (χ2v) is 7.13. The van der Waals surface area contributed by atoms with Gasteiger partial charge >= 0.3 is 0 Å². The molecule has 4 heteroatoms. The summed E-state index contributed by atoms with van der Waals surface area (Å²) in [5.74, 6) is 1.39. The van der Waals surface area contributed by atoms with E-state index in [1.165, 1.54) is 0 Å². The Morgan fingerprint density at radius 2 is 1.93 bits per heavy atom. The van der Waals surface area contributed by atoms with Crippen molar-refractivity contribution >= 4 is 15.6 Å². The molecule has 1 saturated heterocycles. The van der Waals surface area contributed by atoms with E-state index < -0.39 is 9.84 Å². The summed E-state index contributed by atoms with van der Waals surface area (Å²) in [7, 11) is -2.75. The van der Waals surface area contributed by atoms with Crippen LogP contribution in [0.4, 0.5) is 0 Å². The molecule has 0 aromatic rings. The predicted octanol–water partition coefficient (Wildman–Crippen LogP) is 1.18. The van der Waals surface area contributed by atoms with Gasteiger partial charge in [-0.3, -0.25) is 0 Å². The third-order valence-electron chi connectivity index (χ3n) is 3.71. The lowest BCUT2D eigenvalue weighted by atomic mass is 9.94. The molecule has 0 aromatic heterocycles. The largest absolute Gasteiger partial charge is 0.300 e. The molecule has 1 unspecified atom stereocenters. The first-order valence-electron chi connectivity index (χ1n) is 5.13. The van der Waals surface area contributed by atoms with Crippen molar-refractivity contribution in [1.82, 2.24) is 0 Å². The third kappa shape index (κ3) is 1.85. The molecule has 14 heavy (non-hydrogen) atoms. The molecular formula is C10H16O3S. The van der Waals surface area contributed by atoms with E-state index in [0.717, 1.165) is 19.3 Å². The van der Waals surface area contributed by atoms with Crippen LogP contribution in [0.15, 0.2) is 0 Å². The van der Waals surface area contributed by atoms with Gasteiger partial charge in [-0.25, -0.2) is 8.42 Å². The van der Waals surface area contributed by atoms with E-state index in [1.54, 1.807) is 6.92 Å². The normalized spacial score (nSPS) is 32.8. The number of carbonyl (C=O) groups excluding carboxylic acids is 1. The second kappa shape index (κ2) is 3.05. The summed E-state index contributed by atoms with van der Waals surface area (Å²) in [5, 5.41) is 0. The smallest absolute Gasteiger partial charge is 0.150 e. The maximum atomic E-state index is 11.2. The molecular weight excluding hydrogens is 200 g/mol. The standard InChI is InChI=1S/C10H16O3S/c1-8(11)6-9-7-10(9)2-4-14(12,13)5-3-10/h9H,2-7H2,1H3. The van der Waals surface area contributed by atoms with Crippen molar-refractivity contribution in [2.75, 3.05) is 11.5 Å². The van der Waals surface area contributed by atoms with Crippen molar-refractivity contribution in [3.05, 3.63) is 0 Å². The van der Waals surface area contributed by atoms with Crippen molar-refractivity contribution in [1.29, 1.82) is 0 Å². The zero-order valence-corrected chi connectivity index (χ0v) is 9.27. The lowest BCUT2D eigenvalue weighted by Gasteiger charge is -2.22. The zero-order valence-electron chi connectivity index (χ0n) is 8.45. The first-order chi connectivity index (χ1) is 6.44. The molecule has 1 aliphatic heterocycles. The van der Waals surface area contributed by atoms with Gasteiger partial charge in [-0.2, -0.15) is 0 Å². The summed E-state index contributed by atoms with van der Waals surface area (Å²) in [6, 6.07) is 0. The van der Waals surface area contributed by atoms with Crippen LogP contribution in [0.2, 0.25) is 0 Å². The Morgan fingerprint density at radius 1 is 1.36 bits per heavy atom. The van der Waals surface area contributed by atoms with E-state index in [2.05, 4.69) is 0 Å². The molecule has 0 N–H and O–H groups in total. The van der Waals surface area contributed by atoms with Crippen molar-refractivity contribution in [2.45, 2.75) is 32.6 Å². The molecule has 0 amide bonds. The SMILES string of the molecule is CC(=O)CC1CC12CCS(=O)(=O)CC2. The van der Waals surface area contributed by atoms with Crippen LogP contribution in [0.25, 0.3) is 0 Å². The molecule has 2 fully saturated rings. The molecule has 1 spiro atoms. The van der Waals surface area contributed by atoms with Gasteiger partial charge < -0.3 is 4.79 Å². The highest BCUT2D eigenvalue weighted by molar-refractivity contribution is 7.91. The van der Waals surface area contributed by atoms with Crippen LogP contribution in [-0.4, -0.2) is 25.7 Å². The van der Waals surface area contributed by atoms with E-state index in [9.17, 15) is 13.2 Å². The fraction of sp³-hybridized carbons (Fsp3) is 0.900. The predicted molar refractivity (Wildman–Crippen MR) is 53.7 cm³/mol. The number of carbonyl (C=O) groups is 1. The van der Waals surface area contributed by atoms with Crippen LogP contribution in [0.3, 0.4) is 0 Å². The van der Waals surface area contributed by atoms with Gasteiger partial charge in [0.15, 0.2) is 0 Å². The maximum absolute atomic E-state index is 11.2. The zero-order chi connectivity index (χ0) is 10.4. The fourth-order valence-electron chi connectivity index (χ4n) is 2.62. The van der Waals surface area contributed by atoms with Crippen molar-refractivity contribution in [3.8, 4) is 0 Å². The Labute approximate surface area is 84.8 Å². The summed E-state index contributed by atoms with van der Waals surface area (Å²) in [6.07, 6.45) is 3.29. The molecule has 1 aliphatic carbocycles. The van der Waals surface area contributed by atoms with Crippen LogP contribution in [0, 0.1) is 11.3 Å². The second-order valence-electron chi connectivity index (χ2n) is 4.82. The molecule has 0 aromatic carbocycles. The Balaban J connectivity index is 1.94. The van der Waals surface area contributed by atoms with Gasteiger partial charge in [-0.05, 0) is 37.5 Å². The Morgan fingerprint density at radius 3 is 2.43 bits per heavy atom. The average molecular weight is 216 g/mol. The van der Waals surface area contributed by atoms with Gasteiger partial charge in [0.25, 0.3) is 0 Å². The first kappa shape index (κ1) is 10.1. The van der Waals surface area contributed by atoms with Crippen LogP contribution in [0.1, 0.15) is 32.6 Å². The lowest BCUT2D eigenvalue weighted by Crippen LogP contribution is -2.25. The molecule has 1 saturated carbocycles. The van der Waals surface area contributed by atoms with Crippen LogP contribution in [0.5, 0.6) is 0 Å². The number of rotatable bonds is 2. The number of ketones is 1. The van der Waals surface area contributed by atoms with Gasteiger partial charge in [-0.1, -0.05) is 0 Å². The quantitative estimate of drug-likeness (QED) is 0.696. The van der Waals surface area contributed by atoms with Gasteiger partial charge in [0.1, 0.15) is 15.6 Å². The maximum Gasteiger partial charge on any atom is 0.150 e. The molecule has 3 nitrogen and oxygen atoms in total. The first-order valence-corrected chi connectivity index (χ1v) is 6.96. The molecule has 2 rings (SSSR count). The lowest BCUT2D eigenvalue weighted by molar-refractivity contribution is -0.117. The fourth-order valence-corrected chi connectivity index (χ4v) is 4.26. The van der Waals surface area contributed by atoms with Crippen molar-refractivity contribution in [2.24, 2.45) is 11.3 Å². The van der Waals surface area contributed by atoms with Gasteiger partial charge in [-0.15, -0.1) is 0 Å². The Kier molecular flexibility index (Phi) is 2.21. The van der Waals surface area contributed by atoms with E-state index in [-0.39, 0.29) is 11.2 Å². The number of hydrogen-bond acceptors (Lipinski definition) is 3. The Bertz CT molecular complexity index is 342. The number of Topliss-reactive ketones (excluding diaryl/α,β-unsaturated/α-hetero) is 1. The molecule has 80 valence electrons. The number of sulfone groups is 1. The topological polar surface area (TPSA) is 51.2 Å². The highest BCUT2D eigenvalue weighted by Gasteiger charge is 2.55. The number of hydrogen-bond donors (Lipinski definition) is 0. The van der Waals surface area contributed by atoms with Crippen LogP contribution < -0.4 is 0 Å².